The number of carbonyl (C=O) groups excluding carboxylic acids is 2. The number of benzene rings is 1. The van der Waals surface area contributed by atoms with Gasteiger partial charge in [0.05, 0.1) is 19.3 Å². The number of methoxy groups -OCH3 is 2. The maximum atomic E-state index is 13.7. The first-order valence-corrected chi connectivity index (χ1v) is 14.8. The lowest BCUT2D eigenvalue weighted by Crippen LogP contribution is -2.30. The topological polar surface area (TPSA) is 138 Å². The van der Waals surface area contributed by atoms with Crippen molar-refractivity contribution in [3.05, 3.63) is 87.5 Å². The van der Waals surface area contributed by atoms with Crippen LogP contribution in [0, 0.1) is 6.92 Å². The molecule has 44 heavy (non-hydrogen) atoms. The third-order valence-corrected chi connectivity index (χ3v) is 7.93. The highest BCUT2D eigenvalue weighted by Crippen LogP contribution is 2.42. The molecule has 4 aromatic rings. The van der Waals surface area contributed by atoms with Gasteiger partial charge < -0.3 is 29.1 Å². The van der Waals surface area contributed by atoms with Gasteiger partial charge in [-0.05, 0) is 79.6 Å². The number of nitrogens with one attached hydrogen (secondary N) is 2. The van der Waals surface area contributed by atoms with Crippen molar-refractivity contribution < 1.29 is 23.5 Å². The van der Waals surface area contributed by atoms with Crippen LogP contribution in [-0.4, -0.2) is 53.8 Å². The van der Waals surface area contributed by atoms with Gasteiger partial charge in [-0.1, -0.05) is 6.07 Å². The molecule has 0 atom stereocenters. The van der Waals surface area contributed by atoms with Crippen LogP contribution in [0.1, 0.15) is 75.4 Å². The van der Waals surface area contributed by atoms with Crippen LogP contribution in [-0.2, 0) is 16.0 Å². The van der Waals surface area contributed by atoms with E-state index in [4.69, 9.17) is 18.9 Å². The Morgan fingerprint density at radius 1 is 1.07 bits per heavy atom. The summed E-state index contributed by atoms with van der Waals surface area (Å²) in [6.45, 7) is 3.52. The van der Waals surface area contributed by atoms with Gasteiger partial charge in [0.25, 0.3) is 11.5 Å². The molecule has 2 N–H and O–H groups in total. The molecular formula is C33H35N5O6. The fourth-order valence-electron chi connectivity index (χ4n) is 5.30. The van der Waals surface area contributed by atoms with E-state index in [9.17, 15) is 14.4 Å². The third-order valence-electron chi connectivity index (χ3n) is 7.93. The van der Waals surface area contributed by atoms with Crippen LogP contribution in [0.2, 0.25) is 0 Å². The van der Waals surface area contributed by atoms with Crippen LogP contribution >= 0.6 is 0 Å². The molecule has 6 rings (SSSR count). The fourth-order valence-corrected chi connectivity index (χ4v) is 5.30. The predicted molar refractivity (Wildman–Crippen MR) is 164 cm³/mol. The van der Waals surface area contributed by atoms with Gasteiger partial charge in [0.15, 0.2) is 6.39 Å². The largest absolute Gasteiger partial charge is 0.465 e. The van der Waals surface area contributed by atoms with E-state index >= 15 is 0 Å². The van der Waals surface area contributed by atoms with Crippen molar-refractivity contribution in [3.63, 3.8) is 0 Å². The zero-order valence-electron chi connectivity index (χ0n) is 25.0. The number of rotatable bonds is 12. The quantitative estimate of drug-likeness (QED) is 0.173. The summed E-state index contributed by atoms with van der Waals surface area (Å²) in [4.78, 5) is 48.6. The minimum absolute atomic E-state index is 0.0736. The maximum absolute atomic E-state index is 13.7. The molecule has 3 heterocycles. The lowest BCUT2D eigenvalue weighted by Gasteiger charge is -2.15. The zero-order valence-corrected chi connectivity index (χ0v) is 25.0. The molecule has 2 saturated carbocycles. The summed E-state index contributed by atoms with van der Waals surface area (Å²) < 4.78 is 17.2. The highest BCUT2D eigenvalue weighted by Gasteiger charge is 2.29. The van der Waals surface area contributed by atoms with E-state index in [1.54, 1.807) is 42.9 Å². The number of oxazole rings is 1. The van der Waals surface area contributed by atoms with E-state index in [0.717, 1.165) is 48.1 Å². The van der Waals surface area contributed by atoms with Gasteiger partial charge in [0.1, 0.15) is 22.8 Å². The molecule has 1 aromatic carbocycles. The number of amides is 1. The van der Waals surface area contributed by atoms with Crippen molar-refractivity contribution in [1.82, 2.24) is 19.9 Å². The second-order valence-corrected chi connectivity index (χ2v) is 11.3. The van der Waals surface area contributed by atoms with Crippen LogP contribution in [0.4, 0.5) is 5.82 Å². The average molecular weight is 598 g/mol. The van der Waals surface area contributed by atoms with Crippen LogP contribution < -0.4 is 16.2 Å². The summed E-state index contributed by atoms with van der Waals surface area (Å²) in [5.74, 6) is 0.249. The summed E-state index contributed by atoms with van der Waals surface area (Å²) >= 11 is 0. The van der Waals surface area contributed by atoms with Crippen LogP contribution in [0.5, 0.6) is 0 Å². The molecule has 2 aliphatic carbocycles. The van der Waals surface area contributed by atoms with Gasteiger partial charge in [-0.2, -0.15) is 0 Å². The number of carbonyl (C=O) groups is 2. The van der Waals surface area contributed by atoms with Gasteiger partial charge in [-0.25, -0.2) is 14.8 Å². The Bertz CT molecular complexity index is 1770. The lowest BCUT2D eigenvalue weighted by molar-refractivity contribution is 0.0600. The molecule has 3 aromatic heterocycles. The number of aromatic nitrogens is 3. The number of anilines is 1. The molecule has 0 unspecified atom stereocenters. The molecule has 1 amide bonds. The molecule has 228 valence electrons. The Morgan fingerprint density at radius 2 is 1.89 bits per heavy atom. The van der Waals surface area contributed by atoms with Crippen molar-refractivity contribution in [1.29, 1.82) is 0 Å². The summed E-state index contributed by atoms with van der Waals surface area (Å²) in [5, 5.41) is 6.20. The third kappa shape index (κ3) is 6.34. The van der Waals surface area contributed by atoms with Gasteiger partial charge >= 0.3 is 5.97 Å². The first kappa shape index (κ1) is 29.5. The Labute approximate surface area is 254 Å². The average Bonchev–Trinajstić information content (AvgIpc) is 3.97. The molecule has 0 aliphatic heterocycles. The van der Waals surface area contributed by atoms with Crippen LogP contribution in [0.15, 0.2) is 58.2 Å². The molecule has 11 nitrogen and oxygen atoms in total. The monoisotopic (exact) mass is 597 g/mol. The highest BCUT2D eigenvalue weighted by molar-refractivity contribution is 6.04. The Balaban J connectivity index is 1.37. The Morgan fingerprint density at radius 3 is 2.57 bits per heavy atom. The van der Waals surface area contributed by atoms with E-state index in [-0.39, 0.29) is 23.1 Å². The van der Waals surface area contributed by atoms with Crippen LogP contribution in [0.25, 0.3) is 22.4 Å². The van der Waals surface area contributed by atoms with E-state index < -0.39 is 11.9 Å². The molecular weight excluding hydrogens is 562 g/mol. The fraction of sp³-hybridized carbons (Fsp3) is 0.364. The zero-order chi connectivity index (χ0) is 30.8. The molecule has 0 saturated heterocycles. The van der Waals surface area contributed by atoms with Gasteiger partial charge in [-0.15, -0.1) is 0 Å². The summed E-state index contributed by atoms with van der Waals surface area (Å²) in [5.41, 5.74) is 4.69. The minimum atomic E-state index is -0.511. The number of nitrogens with zero attached hydrogens (tertiary/aromatic N) is 3. The number of ether oxygens (including phenoxy) is 2. The van der Waals surface area contributed by atoms with Crippen molar-refractivity contribution >= 4 is 17.7 Å². The number of esters is 1. The number of aryl methyl sites for hydroxylation is 1. The van der Waals surface area contributed by atoms with Crippen molar-refractivity contribution in [2.45, 2.75) is 51.1 Å². The molecule has 2 aliphatic rings. The van der Waals surface area contributed by atoms with Gasteiger partial charge in [0, 0.05) is 49.6 Å². The summed E-state index contributed by atoms with van der Waals surface area (Å²) in [7, 11) is 2.98. The molecule has 2 fully saturated rings. The number of hydrogen-bond donors (Lipinski definition) is 2. The van der Waals surface area contributed by atoms with Gasteiger partial charge in [-0.3, -0.25) is 9.59 Å². The molecule has 0 radical (unpaired) electrons. The lowest BCUT2D eigenvalue weighted by atomic mass is 9.94. The predicted octanol–water partition coefficient (Wildman–Crippen LogP) is 4.86. The molecule has 0 bridgehead atoms. The normalized spacial score (nSPS) is 14.4. The Hall–Kier alpha value is -4.61. The van der Waals surface area contributed by atoms with Crippen molar-refractivity contribution in [3.8, 4) is 22.4 Å². The van der Waals surface area contributed by atoms with Crippen molar-refractivity contribution in [2.75, 3.05) is 32.7 Å². The first-order chi connectivity index (χ1) is 21.4. The van der Waals surface area contributed by atoms with E-state index in [1.165, 1.54) is 13.5 Å². The highest BCUT2D eigenvalue weighted by atomic mass is 16.5. The minimum Gasteiger partial charge on any atom is -0.465 e. The standard InChI is InChI=1S/C33H35N5O6/c1-19-30(35-18-44-19)26-13-22(33(41)43-3)6-9-25(26)23-14-28(21-4-5-21)36-29(15-23)37-31(39)27-12-20(16-34-10-11-42-2)17-38(32(27)40)24-7-8-24/h6,9,12-15,17-18,21,24,34H,4-5,7-8,10-11,16H2,1-3H3,(H,36,37,39). The van der Waals surface area contributed by atoms with Crippen molar-refractivity contribution in [2.24, 2.45) is 0 Å². The van der Waals surface area contributed by atoms with E-state index in [0.29, 0.717) is 48.1 Å². The second-order valence-electron chi connectivity index (χ2n) is 11.3. The van der Waals surface area contributed by atoms with E-state index in [2.05, 4.69) is 15.6 Å². The summed E-state index contributed by atoms with van der Waals surface area (Å²) in [6, 6.07) is 10.8. The molecule has 11 heteroatoms. The first-order valence-electron chi connectivity index (χ1n) is 14.8. The number of hydrogen-bond acceptors (Lipinski definition) is 9. The Kier molecular flexibility index (Phi) is 8.40. The summed E-state index contributed by atoms with van der Waals surface area (Å²) in [6.07, 6.45) is 7.04. The molecule has 0 spiro atoms. The van der Waals surface area contributed by atoms with Crippen LogP contribution in [0.3, 0.4) is 0 Å². The SMILES string of the molecule is COCCNCc1cc(C(=O)Nc2cc(-c3ccc(C(=O)OC)cc3-c3ncoc3C)cc(C3CC3)n2)c(=O)n(C2CC2)c1. The van der Waals surface area contributed by atoms with E-state index in [1.807, 2.05) is 18.3 Å². The smallest absolute Gasteiger partial charge is 0.337 e. The van der Waals surface area contributed by atoms with Gasteiger partial charge in [0.2, 0.25) is 0 Å². The second kappa shape index (κ2) is 12.6. The maximum Gasteiger partial charge on any atom is 0.337 e. The number of pyridine rings is 2.